The third-order valence-corrected chi connectivity index (χ3v) is 3.32. The molecule has 2 heteroatoms. The van der Waals surface area contributed by atoms with E-state index in [9.17, 15) is 4.79 Å². The van der Waals surface area contributed by atoms with Crippen LogP contribution in [0, 0.1) is 11.3 Å². The Morgan fingerprint density at radius 3 is 2.31 bits per heavy atom. The molecule has 0 unspecified atom stereocenters. The largest absolute Gasteiger partial charge is 0.481 e. The Morgan fingerprint density at radius 2 is 1.85 bits per heavy atom. The molecule has 0 amide bonds. The maximum Gasteiger partial charge on any atom is 0.303 e. The molecule has 1 saturated carbocycles. The van der Waals surface area contributed by atoms with Crippen molar-refractivity contribution >= 4 is 5.97 Å². The van der Waals surface area contributed by atoms with Gasteiger partial charge in [0, 0.05) is 0 Å². The van der Waals surface area contributed by atoms with Gasteiger partial charge in [0.15, 0.2) is 0 Å². The standard InChI is InChI=1S/C11H20O2/c1-11(2,8-10(12)13)9-6-4-3-5-7-9/h9H,3-8H2,1-2H3,(H,12,13). The lowest BCUT2D eigenvalue weighted by Gasteiger charge is -2.35. The molecule has 76 valence electrons. The molecule has 0 bridgehead atoms. The van der Waals surface area contributed by atoms with Crippen LogP contribution in [-0.4, -0.2) is 11.1 Å². The molecule has 1 fully saturated rings. The number of hydrogen-bond donors (Lipinski definition) is 1. The van der Waals surface area contributed by atoms with Crippen LogP contribution in [0.2, 0.25) is 0 Å². The van der Waals surface area contributed by atoms with Crippen LogP contribution in [-0.2, 0) is 4.79 Å². The lowest BCUT2D eigenvalue weighted by Crippen LogP contribution is -2.28. The average molecular weight is 184 g/mol. The fraction of sp³-hybridized carbons (Fsp3) is 0.909. The number of carboxylic acid groups (broad SMARTS) is 1. The Bertz CT molecular complexity index is 179. The molecule has 0 aromatic rings. The summed E-state index contributed by atoms with van der Waals surface area (Å²) in [5.41, 5.74) is -0.00769. The van der Waals surface area contributed by atoms with Crippen molar-refractivity contribution in [1.82, 2.24) is 0 Å². The second kappa shape index (κ2) is 4.12. The van der Waals surface area contributed by atoms with E-state index < -0.39 is 5.97 Å². The number of hydrogen-bond acceptors (Lipinski definition) is 1. The molecule has 1 rings (SSSR count). The predicted molar refractivity (Wildman–Crippen MR) is 52.6 cm³/mol. The third kappa shape index (κ3) is 3.02. The molecule has 0 saturated heterocycles. The van der Waals surface area contributed by atoms with Crippen molar-refractivity contribution in [2.24, 2.45) is 11.3 Å². The highest BCUT2D eigenvalue weighted by atomic mass is 16.4. The van der Waals surface area contributed by atoms with Crippen molar-refractivity contribution in [3.05, 3.63) is 0 Å². The maximum absolute atomic E-state index is 10.7. The van der Waals surface area contributed by atoms with Crippen LogP contribution in [0.3, 0.4) is 0 Å². The first-order valence-electron chi connectivity index (χ1n) is 5.24. The lowest BCUT2D eigenvalue weighted by molar-refractivity contribution is -0.140. The Kier molecular flexibility index (Phi) is 3.34. The van der Waals surface area contributed by atoms with E-state index in [1.807, 2.05) is 0 Å². The van der Waals surface area contributed by atoms with E-state index in [2.05, 4.69) is 13.8 Å². The number of carbonyl (C=O) groups is 1. The first kappa shape index (κ1) is 10.6. The van der Waals surface area contributed by atoms with E-state index in [0.29, 0.717) is 12.3 Å². The van der Waals surface area contributed by atoms with Gasteiger partial charge in [0.25, 0.3) is 0 Å². The molecule has 0 atom stereocenters. The SMILES string of the molecule is CC(C)(CC(=O)O)C1CCCCC1. The summed E-state index contributed by atoms with van der Waals surface area (Å²) in [6.07, 6.45) is 6.67. The Hall–Kier alpha value is -0.530. The minimum Gasteiger partial charge on any atom is -0.481 e. The van der Waals surface area contributed by atoms with Crippen LogP contribution in [0.15, 0.2) is 0 Å². The molecule has 0 spiro atoms. The van der Waals surface area contributed by atoms with E-state index in [1.165, 1.54) is 32.1 Å². The minimum absolute atomic E-state index is 0.00769. The summed E-state index contributed by atoms with van der Waals surface area (Å²) in [5.74, 6) is -0.0343. The molecule has 2 nitrogen and oxygen atoms in total. The minimum atomic E-state index is -0.657. The Morgan fingerprint density at radius 1 is 1.31 bits per heavy atom. The second-order valence-corrected chi connectivity index (χ2v) is 4.89. The zero-order valence-electron chi connectivity index (χ0n) is 8.68. The number of aliphatic carboxylic acids is 1. The van der Waals surface area contributed by atoms with Gasteiger partial charge in [-0.25, -0.2) is 0 Å². The van der Waals surface area contributed by atoms with Crippen molar-refractivity contribution in [2.75, 3.05) is 0 Å². The molecule has 1 aliphatic rings. The Balaban J connectivity index is 2.50. The topological polar surface area (TPSA) is 37.3 Å². The van der Waals surface area contributed by atoms with Crippen LogP contribution < -0.4 is 0 Å². The maximum atomic E-state index is 10.7. The molecule has 1 aliphatic carbocycles. The smallest absolute Gasteiger partial charge is 0.303 e. The molecule has 0 aromatic carbocycles. The third-order valence-electron chi connectivity index (χ3n) is 3.32. The van der Waals surface area contributed by atoms with Gasteiger partial charge < -0.3 is 5.11 Å². The van der Waals surface area contributed by atoms with Gasteiger partial charge in [0.2, 0.25) is 0 Å². The van der Waals surface area contributed by atoms with Gasteiger partial charge in [-0.1, -0.05) is 33.1 Å². The Labute approximate surface area is 80.3 Å². The molecular formula is C11H20O2. The molecule has 1 N–H and O–H groups in total. The van der Waals surface area contributed by atoms with Gasteiger partial charge in [0.05, 0.1) is 6.42 Å². The van der Waals surface area contributed by atoms with Gasteiger partial charge in [0.1, 0.15) is 0 Å². The quantitative estimate of drug-likeness (QED) is 0.732. The van der Waals surface area contributed by atoms with E-state index in [-0.39, 0.29) is 5.41 Å². The van der Waals surface area contributed by atoms with E-state index in [0.717, 1.165) is 0 Å². The highest BCUT2D eigenvalue weighted by Crippen LogP contribution is 2.40. The van der Waals surface area contributed by atoms with Crippen molar-refractivity contribution < 1.29 is 9.90 Å². The normalized spacial score (nSPS) is 20.2. The van der Waals surface area contributed by atoms with Crippen LogP contribution in [0.25, 0.3) is 0 Å². The number of carboxylic acids is 1. The highest BCUT2D eigenvalue weighted by Gasteiger charge is 2.32. The van der Waals surface area contributed by atoms with Gasteiger partial charge >= 0.3 is 5.97 Å². The summed E-state index contributed by atoms with van der Waals surface area (Å²) in [6.45, 7) is 4.19. The van der Waals surface area contributed by atoms with Gasteiger partial charge in [-0.05, 0) is 24.2 Å². The fourth-order valence-electron chi connectivity index (χ4n) is 2.42. The highest BCUT2D eigenvalue weighted by molar-refractivity contribution is 5.67. The lowest BCUT2D eigenvalue weighted by atomic mass is 9.69. The molecule has 0 aliphatic heterocycles. The summed E-state index contributed by atoms with van der Waals surface area (Å²) in [5, 5.41) is 8.78. The molecule has 0 aromatic heterocycles. The molecule has 0 radical (unpaired) electrons. The average Bonchev–Trinajstić information content (AvgIpc) is 2.04. The van der Waals surface area contributed by atoms with Crippen LogP contribution in [0.1, 0.15) is 52.4 Å². The first-order valence-corrected chi connectivity index (χ1v) is 5.24. The van der Waals surface area contributed by atoms with Gasteiger partial charge in [-0.3, -0.25) is 4.79 Å². The summed E-state index contributed by atoms with van der Waals surface area (Å²) >= 11 is 0. The van der Waals surface area contributed by atoms with Crippen LogP contribution >= 0.6 is 0 Å². The van der Waals surface area contributed by atoms with E-state index in [1.54, 1.807) is 0 Å². The summed E-state index contributed by atoms with van der Waals surface area (Å²) in [6, 6.07) is 0. The van der Waals surface area contributed by atoms with E-state index in [4.69, 9.17) is 5.11 Å². The van der Waals surface area contributed by atoms with Crippen LogP contribution in [0.4, 0.5) is 0 Å². The second-order valence-electron chi connectivity index (χ2n) is 4.89. The van der Waals surface area contributed by atoms with Gasteiger partial charge in [-0.15, -0.1) is 0 Å². The van der Waals surface area contributed by atoms with Gasteiger partial charge in [-0.2, -0.15) is 0 Å². The predicted octanol–water partition coefficient (Wildman–Crippen LogP) is 3.07. The zero-order chi connectivity index (χ0) is 9.90. The van der Waals surface area contributed by atoms with Crippen LogP contribution in [0.5, 0.6) is 0 Å². The van der Waals surface area contributed by atoms with Crippen molar-refractivity contribution in [2.45, 2.75) is 52.4 Å². The monoisotopic (exact) mass is 184 g/mol. The van der Waals surface area contributed by atoms with Crippen molar-refractivity contribution in [3.63, 3.8) is 0 Å². The first-order chi connectivity index (χ1) is 6.02. The summed E-state index contributed by atoms with van der Waals surface area (Å²) < 4.78 is 0. The zero-order valence-corrected chi connectivity index (χ0v) is 8.68. The summed E-state index contributed by atoms with van der Waals surface area (Å²) in [4.78, 5) is 10.7. The number of rotatable bonds is 3. The molecule has 13 heavy (non-hydrogen) atoms. The molecule has 0 heterocycles. The fourth-order valence-corrected chi connectivity index (χ4v) is 2.42. The van der Waals surface area contributed by atoms with Crippen molar-refractivity contribution in [3.8, 4) is 0 Å². The van der Waals surface area contributed by atoms with Crippen molar-refractivity contribution in [1.29, 1.82) is 0 Å². The molecular weight excluding hydrogens is 164 g/mol. The summed E-state index contributed by atoms with van der Waals surface area (Å²) in [7, 11) is 0. The van der Waals surface area contributed by atoms with E-state index >= 15 is 0 Å².